The van der Waals surface area contributed by atoms with Gasteiger partial charge in [0.05, 0.1) is 7.11 Å². The molecule has 0 aliphatic rings. The molecule has 1 N–H and O–H groups in total. The van der Waals surface area contributed by atoms with Crippen LogP contribution in [-0.2, 0) is 0 Å². The molecular formula is C14H11Br3O2. The monoisotopic (exact) mass is 448 g/mol. The van der Waals surface area contributed by atoms with Gasteiger partial charge >= 0.3 is 0 Å². The highest BCUT2D eigenvalue weighted by Gasteiger charge is 2.17. The molecule has 100 valence electrons. The fourth-order valence-electron chi connectivity index (χ4n) is 1.75. The third-order valence-electron chi connectivity index (χ3n) is 2.75. The molecule has 2 aromatic rings. The van der Waals surface area contributed by atoms with Crippen molar-refractivity contribution in [3.63, 3.8) is 0 Å². The molecule has 19 heavy (non-hydrogen) atoms. The van der Waals surface area contributed by atoms with Crippen LogP contribution in [0.2, 0.25) is 0 Å². The normalized spacial score (nSPS) is 12.3. The van der Waals surface area contributed by atoms with Gasteiger partial charge in [0.15, 0.2) is 0 Å². The molecule has 0 aliphatic carbocycles. The lowest BCUT2D eigenvalue weighted by atomic mass is 10.0. The Morgan fingerprint density at radius 2 is 1.68 bits per heavy atom. The van der Waals surface area contributed by atoms with Gasteiger partial charge in [0, 0.05) is 19.0 Å². The van der Waals surface area contributed by atoms with Crippen molar-refractivity contribution < 1.29 is 9.84 Å². The lowest BCUT2D eigenvalue weighted by Crippen LogP contribution is -2.02. The molecule has 2 aromatic carbocycles. The van der Waals surface area contributed by atoms with E-state index < -0.39 is 6.10 Å². The van der Waals surface area contributed by atoms with Crippen molar-refractivity contribution in [2.75, 3.05) is 7.11 Å². The van der Waals surface area contributed by atoms with Crippen molar-refractivity contribution in [2.45, 2.75) is 6.10 Å². The molecule has 0 amide bonds. The number of aliphatic hydroxyl groups excluding tert-OH is 1. The van der Waals surface area contributed by atoms with Crippen LogP contribution < -0.4 is 4.74 Å². The molecule has 1 atom stereocenters. The fourth-order valence-corrected chi connectivity index (χ4v) is 3.17. The summed E-state index contributed by atoms with van der Waals surface area (Å²) >= 11 is 10.3. The number of aliphatic hydroxyl groups is 1. The van der Waals surface area contributed by atoms with Crippen LogP contribution in [-0.4, -0.2) is 12.2 Å². The van der Waals surface area contributed by atoms with Crippen LogP contribution in [0.5, 0.6) is 5.75 Å². The maximum absolute atomic E-state index is 10.5. The Hall–Kier alpha value is -0.360. The van der Waals surface area contributed by atoms with E-state index in [2.05, 4.69) is 47.8 Å². The number of ether oxygens (including phenoxy) is 1. The summed E-state index contributed by atoms with van der Waals surface area (Å²) in [6.45, 7) is 0. The van der Waals surface area contributed by atoms with Crippen LogP contribution in [0.1, 0.15) is 17.2 Å². The van der Waals surface area contributed by atoms with Gasteiger partial charge in [-0.3, -0.25) is 0 Å². The fraction of sp³-hybridized carbons (Fsp3) is 0.143. The zero-order valence-electron chi connectivity index (χ0n) is 10.0. The second-order valence-electron chi connectivity index (χ2n) is 3.96. The zero-order valence-corrected chi connectivity index (χ0v) is 14.8. The number of methoxy groups -OCH3 is 1. The van der Waals surface area contributed by atoms with Gasteiger partial charge in [-0.2, -0.15) is 0 Å². The standard InChI is InChI=1S/C14H11Br3O2/c1-19-9-3-4-10(13(17)7-9)14(18)11-6-8(15)2-5-12(11)16/h2-7,14,18H,1H3. The molecule has 0 saturated carbocycles. The smallest absolute Gasteiger partial charge is 0.120 e. The third kappa shape index (κ3) is 3.40. The Labute approximate surface area is 137 Å². The topological polar surface area (TPSA) is 29.5 Å². The summed E-state index contributed by atoms with van der Waals surface area (Å²) in [6, 6.07) is 11.2. The molecule has 0 saturated heterocycles. The van der Waals surface area contributed by atoms with E-state index in [0.29, 0.717) is 0 Å². The largest absolute Gasteiger partial charge is 0.497 e. The second-order valence-corrected chi connectivity index (χ2v) is 6.58. The van der Waals surface area contributed by atoms with Gasteiger partial charge in [-0.15, -0.1) is 0 Å². The van der Waals surface area contributed by atoms with E-state index in [4.69, 9.17) is 4.74 Å². The molecular weight excluding hydrogens is 440 g/mol. The van der Waals surface area contributed by atoms with Crippen molar-refractivity contribution in [1.82, 2.24) is 0 Å². The summed E-state index contributed by atoms with van der Waals surface area (Å²) in [5.41, 5.74) is 1.60. The first-order chi connectivity index (χ1) is 9.02. The van der Waals surface area contributed by atoms with Crippen LogP contribution in [0.25, 0.3) is 0 Å². The van der Waals surface area contributed by atoms with Crippen LogP contribution in [0.15, 0.2) is 49.8 Å². The van der Waals surface area contributed by atoms with Crippen LogP contribution in [0.4, 0.5) is 0 Å². The van der Waals surface area contributed by atoms with Crippen LogP contribution in [0.3, 0.4) is 0 Å². The van der Waals surface area contributed by atoms with Gasteiger partial charge in [0.1, 0.15) is 11.9 Å². The van der Waals surface area contributed by atoms with Gasteiger partial charge in [-0.05, 0) is 35.9 Å². The maximum atomic E-state index is 10.5. The van der Waals surface area contributed by atoms with Crippen molar-refractivity contribution in [2.24, 2.45) is 0 Å². The second kappa shape index (κ2) is 6.39. The van der Waals surface area contributed by atoms with Crippen molar-refractivity contribution in [1.29, 1.82) is 0 Å². The van der Waals surface area contributed by atoms with E-state index in [1.807, 2.05) is 36.4 Å². The first kappa shape index (κ1) is 15.0. The van der Waals surface area contributed by atoms with E-state index in [0.717, 1.165) is 30.3 Å². The first-order valence-corrected chi connectivity index (χ1v) is 7.87. The van der Waals surface area contributed by atoms with Crippen molar-refractivity contribution in [3.8, 4) is 5.75 Å². The predicted molar refractivity (Wildman–Crippen MR) is 86.6 cm³/mol. The van der Waals surface area contributed by atoms with Gasteiger partial charge in [-0.1, -0.05) is 53.9 Å². The Morgan fingerprint density at radius 3 is 2.32 bits per heavy atom. The summed E-state index contributed by atoms with van der Waals surface area (Å²) < 4.78 is 7.75. The predicted octanol–water partition coefficient (Wildman–Crippen LogP) is 5.06. The SMILES string of the molecule is COc1ccc(C(O)c2cc(Br)ccc2Br)c(Br)c1. The molecule has 0 spiro atoms. The molecule has 2 nitrogen and oxygen atoms in total. The molecule has 2 rings (SSSR count). The highest BCUT2D eigenvalue weighted by Crippen LogP contribution is 2.35. The zero-order chi connectivity index (χ0) is 14.0. The summed E-state index contributed by atoms with van der Waals surface area (Å²) in [6.07, 6.45) is -0.716. The quantitative estimate of drug-likeness (QED) is 0.708. The number of hydrogen-bond acceptors (Lipinski definition) is 2. The highest BCUT2D eigenvalue weighted by atomic mass is 79.9. The average Bonchev–Trinajstić information content (AvgIpc) is 2.40. The lowest BCUT2D eigenvalue weighted by Gasteiger charge is -2.16. The number of halogens is 3. The minimum Gasteiger partial charge on any atom is -0.497 e. The Balaban J connectivity index is 2.43. The van der Waals surface area contributed by atoms with Gasteiger partial charge < -0.3 is 9.84 Å². The average molecular weight is 451 g/mol. The Kier molecular flexibility index (Phi) is 5.06. The van der Waals surface area contributed by atoms with E-state index in [-0.39, 0.29) is 0 Å². The molecule has 0 bridgehead atoms. The number of hydrogen-bond donors (Lipinski definition) is 1. The molecule has 0 fully saturated rings. The van der Waals surface area contributed by atoms with Crippen molar-refractivity contribution >= 4 is 47.8 Å². The molecule has 0 heterocycles. The number of rotatable bonds is 3. The van der Waals surface area contributed by atoms with Crippen LogP contribution >= 0.6 is 47.8 Å². The summed E-state index contributed by atoms with van der Waals surface area (Å²) in [5.74, 6) is 0.746. The molecule has 0 radical (unpaired) electrons. The first-order valence-electron chi connectivity index (χ1n) is 5.49. The van der Waals surface area contributed by atoms with Gasteiger partial charge in [-0.25, -0.2) is 0 Å². The molecule has 0 aliphatic heterocycles. The van der Waals surface area contributed by atoms with Gasteiger partial charge in [0.25, 0.3) is 0 Å². The number of benzene rings is 2. The van der Waals surface area contributed by atoms with Gasteiger partial charge in [0.2, 0.25) is 0 Å². The van der Waals surface area contributed by atoms with Crippen molar-refractivity contribution in [3.05, 3.63) is 60.9 Å². The summed E-state index contributed by atoms with van der Waals surface area (Å²) in [7, 11) is 1.61. The lowest BCUT2D eigenvalue weighted by molar-refractivity contribution is 0.218. The van der Waals surface area contributed by atoms with E-state index in [9.17, 15) is 5.11 Å². The van der Waals surface area contributed by atoms with E-state index in [1.165, 1.54) is 0 Å². The minimum atomic E-state index is -0.716. The maximum Gasteiger partial charge on any atom is 0.120 e. The molecule has 1 unspecified atom stereocenters. The summed E-state index contributed by atoms with van der Waals surface area (Å²) in [4.78, 5) is 0. The van der Waals surface area contributed by atoms with E-state index in [1.54, 1.807) is 7.11 Å². The molecule has 5 heteroatoms. The Bertz CT molecular complexity index is 599. The van der Waals surface area contributed by atoms with E-state index >= 15 is 0 Å². The third-order valence-corrected chi connectivity index (χ3v) is 4.66. The minimum absolute atomic E-state index is 0.716. The van der Waals surface area contributed by atoms with Crippen LogP contribution in [0, 0.1) is 0 Å². The Morgan fingerprint density at radius 1 is 0.947 bits per heavy atom. The highest BCUT2D eigenvalue weighted by molar-refractivity contribution is 9.11. The summed E-state index contributed by atoms with van der Waals surface area (Å²) in [5, 5.41) is 10.5. The molecule has 0 aromatic heterocycles.